The Morgan fingerprint density at radius 1 is 1.55 bits per heavy atom. The molecular formula is C16H25N3O. The van der Waals surface area contributed by atoms with Crippen LogP contribution >= 0.6 is 0 Å². The van der Waals surface area contributed by atoms with Crippen LogP contribution in [-0.4, -0.2) is 27.3 Å². The van der Waals surface area contributed by atoms with Gasteiger partial charge in [0.1, 0.15) is 5.82 Å². The lowest BCUT2D eigenvalue weighted by Crippen LogP contribution is -2.44. The molecule has 4 heteroatoms. The monoisotopic (exact) mass is 275 g/mol. The van der Waals surface area contributed by atoms with E-state index in [4.69, 9.17) is 0 Å². The normalized spacial score (nSPS) is 22.9. The molecule has 1 aliphatic heterocycles. The molecule has 0 radical (unpaired) electrons. The molecule has 1 atom stereocenters. The van der Waals surface area contributed by atoms with E-state index >= 15 is 0 Å². The maximum atomic E-state index is 12.1. The average molecular weight is 275 g/mol. The molecule has 20 heavy (non-hydrogen) atoms. The van der Waals surface area contributed by atoms with E-state index in [1.54, 1.807) is 12.4 Å². The molecule has 0 spiro atoms. The topological polar surface area (TPSA) is 49.0 Å². The van der Waals surface area contributed by atoms with Crippen LogP contribution in [-0.2, 0) is 11.3 Å². The first kappa shape index (κ1) is 14.8. The molecule has 1 N–H and O–H groups in total. The molecule has 0 bridgehead atoms. The van der Waals surface area contributed by atoms with Gasteiger partial charge in [-0.15, -0.1) is 0 Å². The van der Waals surface area contributed by atoms with Crippen LogP contribution in [0.4, 0.5) is 0 Å². The number of hydrogen-bond acceptors (Lipinski definition) is 2. The summed E-state index contributed by atoms with van der Waals surface area (Å²) in [4.78, 5) is 21.3. The van der Waals surface area contributed by atoms with Gasteiger partial charge in [-0.25, -0.2) is 4.98 Å². The van der Waals surface area contributed by atoms with Crippen molar-refractivity contribution in [3.05, 3.63) is 29.9 Å². The van der Waals surface area contributed by atoms with Crippen molar-refractivity contribution >= 4 is 5.91 Å². The lowest BCUT2D eigenvalue weighted by Gasteiger charge is -2.40. The first-order valence-electron chi connectivity index (χ1n) is 7.38. The minimum absolute atomic E-state index is 0.229. The molecule has 0 aromatic carbocycles. The second-order valence-corrected chi connectivity index (χ2v) is 6.42. The molecule has 0 unspecified atom stereocenters. The number of likely N-dealkylation sites (tertiary alicyclic amines) is 1. The number of hydrogen-bond donors (Lipinski definition) is 1. The van der Waals surface area contributed by atoms with E-state index in [2.05, 4.69) is 36.8 Å². The third kappa shape index (κ3) is 3.95. The van der Waals surface area contributed by atoms with Gasteiger partial charge in [0.2, 0.25) is 5.91 Å². The Morgan fingerprint density at radius 2 is 2.35 bits per heavy atom. The summed E-state index contributed by atoms with van der Waals surface area (Å²) >= 11 is 0. The quantitative estimate of drug-likeness (QED) is 0.838. The summed E-state index contributed by atoms with van der Waals surface area (Å²) in [6.07, 6.45) is 9.72. The summed E-state index contributed by atoms with van der Waals surface area (Å²) in [5.41, 5.74) is 1.60. The minimum Gasteiger partial charge on any atom is -0.347 e. The molecule has 4 nitrogen and oxygen atoms in total. The Kier molecular flexibility index (Phi) is 4.63. The molecule has 1 saturated heterocycles. The summed E-state index contributed by atoms with van der Waals surface area (Å²) < 4.78 is 0. The molecule has 0 aliphatic carbocycles. The van der Waals surface area contributed by atoms with E-state index in [0.717, 1.165) is 31.6 Å². The summed E-state index contributed by atoms with van der Waals surface area (Å²) in [5.74, 6) is 1.12. The number of imidazole rings is 1. The number of aromatic amines is 1. The number of carbonyl (C=O) groups excluding carboxylic acids is 1. The van der Waals surface area contributed by atoms with Crippen LogP contribution in [0.5, 0.6) is 0 Å². The number of allylic oxidation sites excluding steroid dienone is 2. The van der Waals surface area contributed by atoms with Gasteiger partial charge < -0.3 is 9.88 Å². The fraction of sp³-hybridized carbons (Fsp3) is 0.625. The van der Waals surface area contributed by atoms with Gasteiger partial charge in [-0.1, -0.05) is 18.6 Å². The summed E-state index contributed by atoms with van der Waals surface area (Å²) in [5, 5.41) is 0. The molecule has 110 valence electrons. The zero-order valence-corrected chi connectivity index (χ0v) is 12.8. The van der Waals surface area contributed by atoms with E-state index in [1.165, 1.54) is 5.57 Å². The van der Waals surface area contributed by atoms with Crippen molar-refractivity contribution in [2.24, 2.45) is 5.41 Å². The maximum absolute atomic E-state index is 12.1. The highest BCUT2D eigenvalue weighted by Gasteiger charge is 2.34. The molecule has 1 aromatic heterocycles. The first-order chi connectivity index (χ1) is 9.48. The third-order valence-electron chi connectivity index (χ3n) is 4.06. The summed E-state index contributed by atoms with van der Waals surface area (Å²) in [6, 6.07) is 0. The smallest absolute Gasteiger partial charge is 0.223 e. The summed E-state index contributed by atoms with van der Waals surface area (Å²) in [6.45, 7) is 8.01. The van der Waals surface area contributed by atoms with E-state index in [1.807, 2.05) is 4.90 Å². The number of amides is 1. The first-order valence-corrected chi connectivity index (χ1v) is 7.38. The zero-order chi connectivity index (χ0) is 14.6. The van der Waals surface area contributed by atoms with Crippen LogP contribution in [0.3, 0.4) is 0 Å². The Bertz CT molecular complexity index is 474. The number of nitrogens with zero attached hydrogens (tertiary/aromatic N) is 2. The SMILES string of the molecule is CC(C)=CCC[C@@]1(C)CCC(=O)N(Cc2ncc[nH]2)C1. The molecule has 1 aromatic rings. The van der Waals surface area contributed by atoms with E-state index < -0.39 is 0 Å². The number of aromatic nitrogens is 2. The van der Waals surface area contributed by atoms with Gasteiger partial charge in [0.15, 0.2) is 0 Å². The largest absolute Gasteiger partial charge is 0.347 e. The molecule has 1 aliphatic rings. The Hall–Kier alpha value is -1.58. The second kappa shape index (κ2) is 6.25. The minimum atomic E-state index is 0.229. The predicted molar refractivity (Wildman–Crippen MR) is 80.0 cm³/mol. The molecule has 0 saturated carbocycles. The third-order valence-corrected chi connectivity index (χ3v) is 4.06. The molecule has 2 heterocycles. The van der Waals surface area contributed by atoms with E-state index in [0.29, 0.717) is 13.0 Å². The predicted octanol–water partition coefficient (Wildman–Crippen LogP) is 3.28. The lowest BCUT2D eigenvalue weighted by molar-refractivity contribution is -0.138. The molecule has 1 amide bonds. The van der Waals surface area contributed by atoms with E-state index in [9.17, 15) is 4.79 Å². The van der Waals surface area contributed by atoms with Gasteiger partial charge in [-0.05, 0) is 38.5 Å². The number of nitrogens with one attached hydrogen (secondary N) is 1. The van der Waals surface area contributed by atoms with Crippen molar-refractivity contribution in [3.8, 4) is 0 Å². The van der Waals surface area contributed by atoms with Crippen LogP contribution in [0.25, 0.3) is 0 Å². The van der Waals surface area contributed by atoms with Crippen LogP contribution < -0.4 is 0 Å². The number of H-pyrrole nitrogens is 1. The molecule has 2 rings (SSSR count). The Balaban J connectivity index is 1.95. The van der Waals surface area contributed by atoms with Gasteiger partial charge in [0, 0.05) is 25.4 Å². The van der Waals surface area contributed by atoms with Crippen LogP contribution in [0.15, 0.2) is 24.0 Å². The van der Waals surface area contributed by atoms with Crippen molar-refractivity contribution in [1.82, 2.24) is 14.9 Å². The van der Waals surface area contributed by atoms with Gasteiger partial charge in [0.05, 0.1) is 6.54 Å². The van der Waals surface area contributed by atoms with Crippen molar-refractivity contribution in [2.75, 3.05) is 6.54 Å². The van der Waals surface area contributed by atoms with Gasteiger partial charge in [0.25, 0.3) is 0 Å². The molecular weight excluding hydrogens is 250 g/mol. The maximum Gasteiger partial charge on any atom is 0.223 e. The average Bonchev–Trinajstić information content (AvgIpc) is 2.86. The van der Waals surface area contributed by atoms with Gasteiger partial charge >= 0.3 is 0 Å². The number of carbonyl (C=O) groups is 1. The highest BCUT2D eigenvalue weighted by molar-refractivity contribution is 5.77. The fourth-order valence-corrected chi connectivity index (χ4v) is 2.82. The lowest BCUT2D eigenvalue weighted by atomic mass is 9.77. The van der Waals surface area contributed by atoms with Crippen LogP contribution in [0.2, 0.25) is 0 Å². The number of piperidine rings is 1. The van der Waals surface area contributed by atoms with Crippen LogP contribution in [0.1, 0.15) is 52.3 Å². The highest BCUT2D eigenvalue weighted by Crippen LogP contribution is 2.35. The van der Waals surface area contributed by atoms with Crippen LogP contribution in [0, 0.1) is 5.41 Å². The second-order valence-electron chi connectivity index (χ2n) is 6.42. The summed E-state index contributed by atoms with van der Waals surface area (Å²) in [7, 11) is 0. The number of rotatable bonds is 5. The van der Waals surface area contributed by atoms with Crippen molar-refractivity contribution < 1.29 is 4.79 Å². The Labute approximate surface area is 121 Å². The van der Waals surface area contributed by atoms with Crippen molar-refractivity contribution in [3.63, 3.8) is 0 Å². The van der Waals surface area contributed by atoms with Crippen molar-refractivity contribution in [2.45, 2.75) is 53.0 Å². The highest BCUT2D eigenvalue weighted by atomic mass is 16.2. The van der Waals surface area contributed by atoms with Gasteiger partial charge in [-0.3, -0.25) is 4.79 Å². The van der Waals surface area contributed by atoms with Crippen molar-refractivity contribution in [1.29, 1.82) is 0 Å². The van der Waals surface area contributed by atoms with Gasteiger partial charge in [-0.2, -0.15) is 0 Å². The molecule has 1 fully saturated rings. The fourth-order valence-electron chi connectivity index (χ4n) is 2.82. The van der Waals surface area contributed by atoms with E-state index in [-0.39, 0.29) is 11.3 Å². The Morgan fingerprint density at radius 3 is 3.00 bits per heavy atom. The zero-order valence-electron chi connectivity index (χ0n) is 12.8. The standard InChI is InChI=1S/C16H25N3O/c1-13(2)5-4-7-16(3)8-6-15(20)19(12-16)11-14-17-9-10-18-14/h5,9-10H,4,6-8,11-12H2,1-3H3,(H,17,18)/t16-/m0/s1.